The molecule has 1 atom stereocenters. The largest absolute Gasteiger partial charge is 0.322 e. The predicted octanol–water partition coefficient (Wildman–Crippen LogP) is 1.66. The van der Waals surface area contributed by atoms with E-state index in [-0.39, 0.29) is 9.37 Å². The Morgan fingerprint density at radius 3 is 2.69 bits per heavy atom. The second-order valence-electron chi connectivity index (χ2n) is 3.63. The molecule has 0 saturated heterocycles. The molecule has 1 aromatic carbocycles. The van der Waals surface area contributed by atoms with Crippen LogP contribution >= 0.6 is 15.9 Å². The van der Waals surface area contributed by atoms with Gasteiger partial charge in [0.1, 0.15) is 0 Å². The van der Waals surface area contributed by atoms with Gasteiger partial charge >= 0.3 is 0 Å². The van der Waals surface area contributed by atoms with Gasteiger partial charge in [0.25, 0.3) is 5.92 Å². The van der Waals surface area contributed by atoms with Gasteiger partial charge in [-0.15, -0.1) is 0 Å². The lowest BCUT2D eigenvalue weighted by Crippen LogP contribution is -2.48. The molecule has 0 amide bonds. The zero-order valence-corrected chi connectivity index (χ0v) is 10.4. The van der Waals surface area contributed by atoms with Gasteiger partial charge in [0, 0.05) is 10.0 Å². The van der Waals surface area contributed by atoms with Crippen LogP contribution in [-0.2, 0) is 15.8 Å². The molecule has 0 saturated carbocycles. The fourth-order valence-corrected chi connectivity index (χ4v) is 4.57. The summed E-state index contributed by atoms with van der Waals surface area (Å²) in [6.07, 6.45) is 0. The van der Waals surface area contributed by atoms with Gasteiger partial charge in [-0.1, -0.05) is 12.1 Å². The maximum absolute atomic E-state index is 13.7. The van der Waals surface area contributed by atoms with Crippen molar-refractivity contribution in [3.63, 3.8) is 0 Å². The lowest BCUT2D eigenvalue weighted by molar-refractivity contribution is -0.0299. The second-order valence-corrected chi connectivity index (χ2v) is 6.45. The highest BCUT2D eigenvalue weighted by Gasteiger charge is 2.49. The van der Waals surface area contributed by atoms with E-state index in [2.05, 4.69) is 15.9 Å². The van der Waals surface area contributed by atoms with Crippen LogP contribution in [-0.4, -0.2) is 20.2 Å². The van der Waals surface area contributed by atoms with Crippen molar-refractivity contribution in [3.8, 4) is 0 Å². The average Bonchev–Trinajstić information content (AvgIpc) is 2.14. The van der Waals surface area contributed by atoms with Crippen LogP contribution < -0.4 is 5.73 Å². The van der Waals surface area contributed by atoms with Gasteiger partial charge in [-0.05, 0) is 22.0 Å². The fourth-order valence-electron chi connectivity index (χ4n) is 1.71. The van der Waals surface area contributed by atoms with Gasteiger partial charge in [0.05, 0.1) is 16.7 Å². The first-order chi connectivity index (χ1) is 7.27. The molecular formula is C9H8BrF2NO2S. The predicted molar refractivity (Wildman–Crippen MR) is 58.1 cm³/mol. The van der Waals surface area contributed by atoms with E-state index in [1.165, 1.54) is 12.1 Å². The minimum atomic E-state index is -3.74. The monoisotopic (exact) mass is 311 g/mol. The van der Waals surface area contributed by atoms with Gasteiger partial charge in [0.15, 0.2) is 9.84 Å². The van der Waals surface area contributed by atoms with Gasteiger partial charge in [-0.3, -0.25) is 0 Å². The molecule has 1 heterocycles. The van der Waals surface area contributed by atoms with Crippen LogP contribution in [0.2, 0.25) is 0 Å². The Balaban J connectivity index is 2.83. The number of sulfone groups is 1. The quantitative estimate of drug-likeness (QED) is 0.792. The second kappa shape index (κ2) is 3.48. The van der Waals surface area contributed by atoms with E-state index in [4.69, 9.17) is 5.73 Å². The van der Waals surface area contributed by atoms with Crippen LogP contribution in [0.25, 0.3) is 0 Å². The summed E-state index contributed by atoms with van der Waals surface area (Å²) in [5.74, 6) is -4.06. The van der Waals surface area contributed by atoms with Crippen molar-refractivity contribution < 1.29 is 17.2 Å². The van der Waals surface area contributed by atoms with Crippen LogP contribution in [0.4, 0.5) is 8.78 Å². The molecule has 1 aliphatic heterocycles. The molecule has 2 N–H and O–H groups in total. The molecule has 0 radical (unpaired) electrons. The van der Waals surface area contributed by atoms with Crippen molar-refractivity contribution in [2.75, 3.05) is 5.75 Å². The smallest absolute Gasteiger partial charge is 0.290 e. The minimum absolute atomic E-state index is 0.150. The van der Waals surface area contributed by atoms with Crippen molar-refractivity contribution >= 4 is 25.8 Å². The summed E-state index contributed by atoms with van der Waals surface area (Å²) >= 11 is 2.98. The summed E-state index contributed by atoms with van der Waals surface area (Å²) in [4.78, 5) is -0.346. The number of alkyl halides is 2. The molecule has 0 fully saturated rings. The zero-order chi connectivity index (χ0) is 12.1. The van der Waals surface area contributed by atoms with Crippen molar-refractivity contribution in [1.29, 1.82) is 0 Å². The van der Waals surface area contributed by atoms with E-state index in [9.17, 15) is 17.2 Å². The first kappa shape index (κ1) is 11.9. The normalized spacial score (nSPS) is 26.1. The van der Waals surface area contributed by atoms with Crippen LogP contribution in [0.15, 0.2) is 27.6 Å². The Kier molecular flexibility index (Phi) is 2.60. The number of nitrogens with two attached hydrogens (primary N) is 1. The molecule has 0 aliphatic carbocycles. The summed E-state index contributed by atoms with van der Waals surface area (Å²) in [5, 5.41) is 0. The van der Waals surface area contributed by atoms with Gasteiger partial charge in [-0.2, -0.15) is 8.78 Å². The number of rotatable bonds is 0. The SMILES string of the molecule is NC1CS(=O)(=O)c2c(Br)cccc2C1(F)F. The standard InChI is InChI=1S/C9H8BrF2NO2S/c10-6-3-1-2-5-8(6)16(14,15)4-7(13)9(5,11)12/h1-3,7H,4,13H2. The zero-order valence-electron chi connectivity index (χ0n) is 7.95. The first-order valence-electron chi connectivity index (χ1n) is 4.42. The first-order valence-corrected chi connectivity index (χ1v) is 6.86. The molecule has 0 bridgehead atoms. The molecule has 1 aromatic rings. The number of fused-ring (bicyclic) bond motifs is 1. The Bertz CT molecular complexity index is 544. The molecule has 0 aromatic heterocycles. The maximum atomic E-state index is 13.7. The van der Waals surface area contributed by atoms with Crippen LogP contribution in [0.1, 0.15) is 5.56 Å². The topological polar surface area (TPSA) is 60.2 Å². The van der Waals surface area contributed by atoms with E-state index in [0.717, 1.165) is 6.07 Å². The van der Waals surface area contributed by atoms with Crippen molar-refractivity contribution in [1.82, 2.24) is 0 Å². The Labute approximate surface area is 99.7 Å². The maximum Gasteiger partial charge on any atom is 0.290 e. The van der Waals surface area contributed by atoms with Crippen molar-refractivity contribution in [2.24, 2.45) is 5.73 Å². The van der Waals surface area contributed by atoms with E-state index in [1.807, 2.05) is 0 Å². The average molecular weight is 312 g/mol. The molecule has 16 heavy (non-hydrogen) atoms. The number of hydrogen-bond donors (Lipinski definition) is 1. The summed E-state index contributed by atoms with van der Waals surface area (Å²) < 4.78 is 51.1. The third kappa shape index (κ3) is 1.57. The van der Waals surface area contributed by atoms with E-state index >= 15 is 0 Å². The molecule has 3 nitrogen and oxygen atoms in total. The highest BCUT2D eigenvalue weighted by atomic mass is 79.9. The van der Waals surface area contributed by atoms with Gasteiger partial charge < -0.3 is 5.73 Å². The summed E-state index contributed by atoms with van der Waals surface area (Å²) in [5.41, 5.74) is 4.68. The number of benzene rings is 1. The Morgan fingerprint density at radius 1 is 1.44 bits per heavy atom. The van der Waals surface area contributed by atoms with Crippen LogP contribution in [0.3, 0.4) is 0 Å². The lowest BCUT2D eigenvalue weighted by atomic mass is 10.0. The number of hydrogen-bond acceptors (Lipinski definition) is 3. The molecule has 7 heteroatoms. The molecule has 1 unspecified atom stereocenters. The summed E-state index contributed by atoms with van der Waals surface area (Å²) in [6.45, 7) is 0. The highest BCUT2D eigenvalue weighted by Crippen LogP contribution is 2.43. The highest BCUT2D eigenvalue weighted by molar-refractivity contribution is 9.10. The number of halogens is 3. The molecule has 88 valence electrons. The Hall–Kier alpha value is -0.530. The Morgan fingerprint density at radius 2 is 2.06 bits per heavy atom. The van der Waals surface area contributed by atoms with E-state index < -0.39 is 33.1 Å². The van der Waals surface area contributed by atoms with E-state index in [0.29, 0.717) is 0 Å². The molecule has 0 spiro atoms. The lowest BCUT2D eigenvalue weighted by Gasteiger charge is -2.30. The summed E-state index contributed by atoms with van der Waals surface area (Å²) in [7, 11) is -3.74. The van der Waals surface area contributed by atoms with Gasteiger partial charge in [0.2, 0.25) is 0 Å². The van der Waals surface area contributed by atoms with Crippen molar-refractivity contribution in [3.05, 3.63) is 28.2 Å². The fraction of sp³-hybridized carbons (Fsp3) is 0.333. The molecule has 1 aliphatic rings. The van der Waals surface area contributed by atoms with Gasteiger partial charge in [-0.25, -0.2) is 8.42 Å². The molecule has 2 rings (SSSR count). The van der Waals surface area contributed by atoms with Crippen LogP contribution in [0, 0.1) is 0 Å². The third-order valence-corrected chi connectivity index (χ3v) is 5.28. The van der Waals surface area contributed by atoms with Crippen molar-refractivity contribution in [2.45, 2.75) is 16.9 Å². The van der Waals surface area contributed by atoms with Crippen LogP contribution in [0.5, 0.6) is 0 Å². The summed E-state index contributed by atoms with van der Waals surface area (Å²) in [6, 6.07) is 2.18. The third-order valence-electron chi connectivity index (χ3n) is 2.50. The minimum Gasteiger partial charge on any atom is -0.322 e. The molecular weight excluding hydrogens is 304 g/mol. The van der Waals surface area contributed by atoms with E-state index in [1.54, 1.807) is 0 Å².